The fraction of sp³-hybridized carbons (Fsp3) is 0.625. The van der Waals surface area contributed by atoms with E-state index < -0.39 is 63.9 Å². The number of ether oxygens (including phenoxy) is 2. The lowest BCUT2D eigenvalue weighted by Gasteiger charge is -2.45. The summed E-state index contributed by atoms with van der Waals surface area (Å²) in [6.45, 7) is 2.05. The van der Waals surface area contributed by atoms with Crippen molar-refractivity contribution in [3.05, 3.63) is 35.0 Å². The van der Waals surface area contributed by atoms with Crippen LogP contribution >= 0.6 is 23.4 Å². The number of rotatable bonds is 8. The zero-order valence-corrected chi connectivity index (χ0v) is 22.9. The van der Waals surface area contributed by atoms with Crippen LogP contribution in [0.3, 0.4) is 0 Å². The molecule has 1 unspecified atom stereocenters. The number of amides is 1. The molecule has 2 saturated heterocycles. The number of aliphatic hydroxyl groups is 4. The first-order chi connectivity index (χ1) is 18.5. The van der Waals surface area contributed by atoms with Crippen LogP contribution in [0.2, 0.25) is 5.02 Å². The Bertz CT molecular complexity index is 1150. The van der Waals surface area contributed by atoms with Gasteiger partial charge in [0.1, 0.15) is 40.7 Å². The molecule has 11 nitrogen and oxygen atoms in total. The Morgan fingerprint density at radius 1 is 1.31 bits per heavy atom. The molecule has 2 aromatic rings. The number of thioether (sulfide) groups is 1. The van der Waals surface area contributed by atoms with E-state index >= 15 is 0 Å². The van der Waals surface area contributed by atoms with Crippen molar-refractivity contribution < 1.29 is 43.5 Å². The highest BCUT2D eigenvalue weighted by Gasteiger charge is 2.51. The van der Waals surface area contributed by atoms with Crippen molar-refractivity contribution in [2.45, 2.75) is 60.4 Å². The normalized spacial score (nSPS) is 27.8. The molecule has 0 saturated carbocycles. The highest BCUT2D eigenvalue weighted by Crippen LogP contribution is 2.42. The molecule has 2 fully saturated rings. The second-order valence-corrected chi connectivity index (χ2v) is 11.2. The summed E-state index contributed by atoms with van der Waals surface area (Å²) >= 11 is 6.65. The number of hydrogen-bond acceptors (Lipinski definition) is 10. The van der Waals surface area contributed by atoms with Crippen LogP contribution in [-0.2, 0) is 14.3 Å². The summed E-state index contributed by atoms with van der Waals surface area (Å²) in [4.78, 5) is 14.8. The highest BCUT2D eigenvalue weighted by atomic mass is 35.5. The van der Waals surface area contributed by atoms with Crippen molar-refractivity contribution >= 4 is 29.3 Å². The minimum absolute atomic E-state index is 0.0839. The minimum Gasteiger partial charge on any atom is -0.394 e. The number of carbonyl (C=O) groups excluding carboxylic acids is 1. The van der Waals surface area contributed by atoms with Crippen LogP contribution in [0.1, 0.15) is 25.8 Å². The monoisotopic (exact) mass is 592 g/mol. The SMILES string of the molecule is CCN(C)C(=O)C(S[C@@H]1O[C@H](CO)[C@H](O)[C@H](n2cc(-c3cc(F)c(F)c(Cl)c3)nn2)[C@H]1O)C1(O)CCOCC1. The van der Waals surface area contributed by atoms with Crippen LogP contribution < -0.4 is 0 Å². The second kappa shape index (κ2) is 12.3. The third kappa shape index (κ3) is 6.07. The van der Waals surface area contributed by atoms with Crippen molar-refractivity contribution in [3.63, 3.8) is 0 Å². The van der Waals surface area contributed by atoms with Crippen LogP contribution in [0.25, 0.3) is 11.3 Å². The highest BCUT2D eigenvalue weighted by molar-refractivity contribution is 8.01. The smallest absolute Gasteiger partial charge is 0.238 e. The molecule has 0 aliphatic carbocycles. The van der Waals surface area contributed by atoms with Crippen LogP contribution in [0, 0.1) is 11.6 Å². The topological polar surface area (TPSA) is 150 Å². The Hall–Kier alpha value is -1.91. The van der Waals surface area contributed by atoms with E-state index in [-0.39, 0.29) is 43.2 Å². The molecule has 1 aromatic heterocycles. The lowest BCUT2D eigenvalue weighted by molar-refractivity contribution is -0.179. The average Bonchev–Trinajstić information content (AvgIpc) is 3.40. The molecule has 2 aliphatic rings. The van der Waals surface area contributed by atoms with Gasteiger partial charge in [-0.15, -0.1) is 16.9 Å². The van der Waals surface area contributed by atoms with E-state index in [9.17, 15) is 34.0 Å². The number of nitrogens with zero attached hydrogens (tertiary/aromatic N) is 4. The van der Waals surface area contributed by atoms with Crippen molar-refractivity contribution in [3.8, 4) is 11.3 Å². The molecular weight excluding hydrogens is 562 g/mol. The van der Waals surface area contributed by atoms with E-state index in [2.05, 4.69) is 10.3 Å². The van der Waals surface area contributed by atoms with E-state index in [4.69, 9.17) is 21.1 Å². The van der Waals surface area contributed by atoms with Gasteiger partial charge >= 0.3 is 0 Å². The van der Waals surface area contributed by atoms with Gasteiger partial charge in [-0.2, -0.15) is 0 Å². The lowest BCUT2D eigenvalue weighted by Crippen LogP contribution is -2.58. The molecule has 216 valence electrons. The maximum Gasteiger partial charge on any atom is 0.238 e. The standard InChI is InChI=1S/C24H31ClF2N4O7S/c1-3-30(2)22(35)21(24(36)4-6-37-7-5-24)39-23-20(34)18(19(33)16(11-32)38-23)31-10-15(28-29-31)12-8-13(25)17(27)14(26)9-12/h8-10,16,18-21,23,32-34,36H,3-7,11H2,1-2H3/t16-,18+,19+,20-,21?,23+/m1/s1. The van der Waals surface area contributed by atoms with Gasteiger partial charge in [-0.1, -0.05) is 16.8 Å². The molecule has 39 heavy (non-hydrogen) atoms. The molecule has 2 aliphatic heterocycles. The predicted molar refractivity (Wildman–Crippen MR) is 137 cm³/mol. The average molecular weight is 593 g/mol. The maximum absolute atomic E-state index is 13.9. The van der Waals surface area contributed by atoms with Gasteiger partial charge in [0.05, 0.1) is 23.4 Å². The Kier molecular flexibility index (Phi) is 9.49. The van der Waals surface area contributed by atoms with Crippen LogP contribution in [0.5, 0.6) is 0 Å². The summed E-state index contributed by atoms with van der Waals surface area (Å²) in [5.41, 5.74) is -2.42. The van der Waals surface area contributed by atoms with Gasteiger partial charge in [0.2, 0.25) is 5.91 Å². The van der Waals surface area contributed by atoms with E-state index in [1.54, 1.807) is 14.0 Å². The number of hydrogen-bond donors (Lipinski definition) is 4. The first kappa shape index (κ1) is 30.1. The van der Waals surface area contributed by atoms with Gasteiger partial charge < -0.3 is 34.8 Å². The number of aromatic nitrogens is 3. The zero-order valence-electron chi connectivity index (χ0n) is 21.3. The van der Waals surface area contributed by atoms with Gasteiger partial charge in [-0.05, 0) is 19.1 Å². The summed E-state index contributed by atoms with van der Waals surface area (Å²) in [5.74, 6) is -2.77. The molecule has 0 spiro atoms. The molecule has 0 radical (unpaired) electrons. The summed E-state index contributed by atoms with van der Waals surface area (Å²) in [5, 5.41) is 50.0. The molecule has 6 atom stereocenters. The van der Waals surface area contributed by atoms with E-state index in [0.717, 1.165) is 28.6 Å². The van der Waals surface area contributed by atoms with E-state index in [0.29, 0.717) is 6.54 Å². The van der Waals surface area contributed by atoms with E-state index in [1.807, 2.05) is 0 Å². The molecule has 0 bridgehead atoms. The Labute approximate surface area is 232 Å². The fourth-order valence-corrected chi connectivity index (χ4v) is 6.43. The summed E-state index contributed by atoms with van der Waals surface area (Å²) in [6.07, 6.45) is -2.43. The summed E-state index contributed by atoms with van der Waals surface area (Å²) in [6, 6.07) is 0.839. The Morgan fingerprint density at radius 3 is 2.62 bits per heavy atom. The molecule has 1 aromatic carbocycles. The number of halogens is 3. The third-order valence-corrected chi connectivity index (χ3v) is 8.98. The lowest BCUT2D eigenvalue weighted by atomic mass is 9.89. The summed E-state index contributed by atoms with van der Waals surface area (Å²) in [7, 11) is 1.60. The first-order valence-electron chi connectivity index (χ1n) is 12.4. The number of carbonyl (C=O) groups is 1. The number of benzene rings is 1. The van der Waals surface area contributed by atoms with Gasteiger partial charge in [-0.3, -0.25) is 4.79 Å². The van der Waals surface area contributed by atoms with Gasteiger partial charge in [0, 0.05) is 45.2 Å². The van der Waals surface area contributed by atoms with Crippen molar-refractivity contribution in [2.24, 2.45) is 0 Å². The molecule has 1 amide bonds. The van der Waals surface area contributed by atoms with Gasteiger partial charge in [-0.25, -0.2) is 13.5 Å². The Morgan fingerprint density at radius 2 is 2.00 bits per heavy atom. The largest absolute Gasteiger partial charge is 0.394 e. The summed E-state index contributed by atoms with van der Waals surface area (Å²) < 4.78 is 39.9. The molecule has 4 N–H and O–H groups in total. The van der Waals surface area contributed by atoms with Crippen LogP contribution in [-0.4, -0.2) is 114 Å². The second-order valence-electron chi connectivity index (χ2n) is 9.62. The van der Waals surface area contributed by atoms with E-state index in [1.165, 1.54) is 11.1 Å². The molecular formula is C24H31ClF2N4O7S. The third-order valence-electron chi connectivity index (χ3n) is 7.14. The fourth-order valence-electron chi connectivity index (χ4n) is 4.64. The minimum atomic E-state index is -1.48. The predicted octanol–water partition coefficient (Wildman–Crippen LogP) is 0.978. The molecule has 3 heterocycles. The first-order valence-corrected chi connectivity index (χ1v) is 13.7. The number of aliphatic hydroxyl groups excluding tert-OH is 3. The maximum atomic E-state index is 13.9. The molecule has 15 heteroatoms. The molecule has 4 rings (SSSR count). The van der Waals surface area contributed by atoms with Gasteiger partial charge in [0.25, 0.3) is 0 Å². The van der Waals surface area contributed by atoms with Crippen LogP contribution in [0.4, 0.5) is 8.78 Å². The van der Waals surface area contributed by atoms with Gasteiger partial charge in [0.15, 0.2) is 11.6 Å². The Balaban J connectivity index is 1.65. The quantitative estimate of drug-likeness (QED) is 0.327. The van der Waals surface area contributed by atoms with Crippen LogP contribution in [0.15, 0.2) is 18.3 Å². The van der Waals surface area contributed by atoms with Crippen molar-refractivity contribution in [1.82, 2.24) is 19.9 Å². The van der Waals surface area contributed by atoms with Crippen molar-refractivity contribution in [1.29, 1.82) is 0 Å². The zero-order chi connectivity index (χ0) is 28.5. The van der Waals surface area contributed by atoms with Crippen molar-refractivity contribution in [2.75, 3.05) is 33.4 Å².